The zero-order chi connectivity index (χ0) is 25.5. The van der Waals surface area contributed by atoms with Crippen LogP contribution in [0.3, 0.4) is 0 Å². The number of hydrogen-bond donors (Lipinski definition) is 0. The third-order valence-corrected chi connectivity index (χ3v) is 7.35. The highest BCUT2D eigenvalue weighted by atomic mass is 35.5. The monoisotopic (exact) mass is 527 g/mol. The highest BCUT2D eigenvalue weighted by molar-refractivity contribution is 6.31. The van der Waals surface area contributed by atoms with E-state index < -0.39 is 0 Å². The van der Waals surface area contributed by atoms with Gasteiger partial charge in [0, 0.05) is 40.2 Å². The van der Waals surface area contributed by atoms with Crippen molar-refractivity contribution in [3.8, 4) is 11.1 Å². The van der Waals surface area contributed by atoms with Crippen molar-refractivity contribution in [2.24, 2.45) is 5.92 Å². The molecular weight excluding hydrogens is 505 g/mol. The molecule has 0 unspecified atom stereocenters. The van der Waals surface area contributed by atoms with Crippen LogP contribution in [0.1, 0.15) is 34.5 Å². The molecule has 1 aliphatic carbocycles. The van der Waals surface area contributed by atoms with Crippen molar-refractivity contribution in [2.45, 2.75) is 25.9 Å². The molecule has 0 amide bonds. The standard InChI is InChI=1S/C30H23Cl2N3O2/c31-23-9-6-19(7-10-23)16-34-18-33-15-28(34)30(37)22-8-11-27-26(13-22)25(21-2-1-3-24(32)12-21)14-29(36)35(27)17-20-4-5-20/h1-3,6-15,18,20H,4-5,16-17H2. The third-order valence-electron chi connectivity index (χ3n) is 6.86. The topological polar surface area (TPSA) is 56.9 Å². The Kier molecular flexibility index (Phi) is 6.19. The van der Waals surface area contributed by atoms with E-state index in [9.17, 15) is 9.59 Å². The quantitative estimate of drug-likeness (QED) is 0.217. The van der Waals surface area contributed by atoms with Gasteiger partial charge in [-0.3, -0.25) is 9.59 Å². The van der Waals surface area contributed by atoms with Crippen molar-refractivity contribution in [1.29, 1.82) is 0 Å². The Bertz CT molecular complexity index is 1700. The number of carbonyl (C=O) groups excluding carboxylic acids is 1. The van der Waals surface area contributed by atoms with Gasteiger partial charge in [-0.2, -0.15) is 0 Å². The van der Waals surface area contributed by atoms with Crippen molar-refractivity contribution in [1.82, 2.24) is 14.1 Å². The molecule has 7 heteroatoms. The summed E-state index contributed by atoms with van der Waals surface area (Å²) in [6.45, 7) is 1.19. The van der Waals surface area contributed by atoms with Gasteiger partial charge in [0.1, 0.15) is 5.69 Å². The summed E-state index contributed by atoms with van der Waals surface area (Å²) in [5.41, 5.74) is 4.41. The van der Waals surface area contributed by atoms with E-state index in [4.69, 9.17) is 23.2 Å². The molecule has 1 fully saturated rings. The van der Waals surface area contributed by atoms with Gasteiger partial charge >= 0.3 is 0 Å². The molecule has 5 aromatic rings. The summed E-state index contributed by atoms with van der Waals surface area (Å²) in [6.07, 6.45) is 5.53. The number of pyridine rings is 1. The zero-order valence-electron chi connectivity index (χ0n) is 19.9. The van der Waals surface area contributed by atoms with Crippen LogP contribution in [0, 0.1) is 5.92 Å². The van der Waals surface area contributed by atoms with Gasteiger partial charge in [0.15, 0.2) is 0 Å². The van der Waals surface area contributed by atoms with Crippen molar-refractivity contribution in [2.75, 3.05) is 0 Å². The van der Waals surface area contributed by atoms with Crippen molar-refractivity contribution in [3.05, 3.63) is 123 Å². The molecular formula is C30H23Cl2N3O2. The number of aromatic nitrogens is 3. The minimum Gasteiger partial charge on any atom is -0.323 e. The molecule has 184 valence electrons. The van der Waals surface area contributed by atoms with Gasteiger partial charge in [0.05, 0.1) is 18.0 Å². The molecule has 0 spiro atoms. The Morgan fingerprint density at radius 2 is 1.76 bits per heavy atom. The fourth-order valence-corrected chi connectivity index (χ4v) is 5.05. The Hall–Kier alpha value is -3.67. The lowest BCUT2D eigenvalue weighted by Crippen LogP contribution is -2.21. The number of benzene rings is 3. The van der Waals surface area contributed by atoms with Crippen LogP contribution in [-0.2, 0) is 13.1 Å². The molecule has 1 saturated carbocycles. The summed E-state index contributed by atoms with van der Waals surface area (Å²) in [4.78, 5) is 31.1. The first kappa shape index (κ1) is 23.7. The lowest BCUT2D eigenvalue weighted by molar-refractivity contribution is 0.103. The normalized spacial score (nSPS) is 13.2. The molecule has 1 aliphatic rings. The van der Waals surface area contributed by atoms with Crippen molar-refractivity contribution >= 4 is 39.9 Å². The fraction of sp³-hybridized carbons (Fsp3) is 0.167. The maximum Gasteiger partial charge on any atom is 0.251 e. The smallest absolute Gasteiger partial charge is 0.251 e. The Balaban J connectivity index is 1.45. The number of hydrogen-bond acceptors (Lipinski definition) is 3. The molecule has 0 aliphatic heterocycles. The Labute approximate surface area is 223 Å². The van der Waals surface area contributed by atoms with Crippen LogP contribution in [0.5, 0.6) is 0 Å². The van der Waals surface area contributed by atoms with Gasteiger partial charge < -0.3 is 9.13 Å². The van der Waals surface area contributed by atoms with E-state index >= 15 is 0 Å². The molecule has 3 aromatic carbocycles. The molecule has 6 rings (SSSR count). The summed E-state index contributed by atoms with van der Waals surface area (Å²) in [6, 6.07) is 22.2. The van der Waals surface area contributed by atoms with E-state index in [1.54, 1.807) is 30.7 Å². The van der Waals surface area contributed by atoms with Crippen LogP contribution in [0.15, 0.2) is 90.1 Å². The number of rotatable bonds is 7. The molecule has 0 saturated heterocycles. The highest BCUT2D eigenvalue weighted by Gasteiger charge is 2.24. The van der Waals surface area contributed by atoms with Gasteiger partial charge in [-0.1, -0.05) is 47.5 Å². The minimum absolute atomic E-state index is 0.0468. The van der Waals surface area contributed by atoms with Gasteiger partial charge in [-0.15, -0.1) is 0 Å². The second-order valence-corrected chi connectivity index (χ2v) is 10.4. The van der Waals surface area contributed by atoms with Crippen LogP contribution < -0.4 is 5.56 Å². The van der Waals surface area contributed by atoms with Gasteiger partial charge in [0.2, 0.25) is 5.78 Å². The van der Waals surface area contributed by atoms with Gasteiger partial charge in [-0.05, 0) is 77.9 Å². The number of ketones is 1. The zero-order valence-corrected chi connectivity index (χ0v) is 21.4. The molecule has 0 N–H and O–H groups in total. The number of carbonyl (C=O) groups is 1. The van der Waals surface area contributed by atoms with Crippen LogP contribution in [-0.4, -0.2) is 19.9 Å². The lowest BCUT2D eigenvalue weighted by Gasteiger charge is -2.15. The lowest BCUT2D eigenvalue weighted by atomic mass is 9.97. The maximum absolute atomic E-state index is 13.7. The second kappa shape index (κ2) is 9.66. The first-order chi connectivity index (χ1) is 18.0. The first-order valence-corrected chi connectivity index (χ1v) is 12.9. The second-order valence-electron chi connectivity index (χ2n) is 9.55. The Morgan fingerprint density at radius 1 is 0.946 bits per heavy atom. The third kappa shape index (κ3) is 4.85. The van der Waals surface area contributed by atoms with Crippen molar-refractivity contribution < 1.29 is 4.79 Å². The number of nitrogens with zero attached hydrogens (tertiary/aromatic N) is 3. The summed E-state index contributed by atoms with van der Waals surface area (Å²) in [5, 5.41) is 2.10. The van der Waals surface area contributed by atoms with E-state index in [-0.39, 0.29) is 11.3 Å². The summed E-state index contributed by atoms with van der Waals surface area (Å²) in [5.74, 6) is 0.395. The average molecular weight is 528 g/mol. The average Bonchev–Trinajstić information content (AvgIpc) is 3.61. The predicted octanol–water partition coefficient (Wildman–Crippen LogP) is 6.86. The Morgan fingerprint density at radius 3 is 2.51 bits per heavy atom. The van der Waals surface area contributed by atoms with Gasteiger partial charge in [0.25, 0.3) is 5.56 Å². The maximum atomic E-state index is 13.7. The SMILES string of the molecule is O=C(c1ccc2c(c1)c(-c1cccc(Cl)c1)cc(=O)n2CC1CC1)c1cncn1Cc1ccc(Cl)cc1. The molecule has 5 nitrogen and oxygen atoms in total. The number of imidazole rings is 1. The molecule has 0 atom stereocenters. The largest absolute Gasteiger partial charge is 0.323 e. The highest BCUT2D eigenvalue weighted by Crippen LogP contribution is 2.34. The van der Waals surface area contributed by atoms with Crippen LogP contribution in [0.25, 0.3) is 22.0 Å². The summed E-state index contributed by atoms with van der Waals surface area (Å²) in [7, 11) is 0. The van der Waals surface area contributed by atoms with E-state index in [1.165, 1.54) is 0 Å². The fourth-order valence-electron chi connectivity index (χ4n) is 4.74. The molecule has 37 heavy (non-hydrogen) atoms. The van der Waals surface area contributed by atoms with Gasteiger partial charge in [-0.25, -0.2) is 4.98 Å². The van der Waals surface area contributed by atoms with E-state index in [0.717, 1.165) is 40.4 Å². The molecule has 0 bridgehead atoms. The molecule has 2 heterocycles. The van der Waals surface area contributed by atoms with E-state index in [2.05, 4.69) is 4.98 Å². The number of halogens is 2. The molecule has 0 radical (unpaired) electrons. The van der Waals surface area contributed by atoms with Crippen LogP contribution >= 0.6 is 23.2 Å². The van der Waals surface area contributed by atoms with E-state index in [0.29, 0.717) is 40.3 Å². The van der Waals surface area contributed by atoms with Crippen LogP contribution in [0.4, 0.5) is 0 Å². The van der Waals surface area contributed by atoms with E-state index in [1.807, 2.05) is 63.7 Å². The summed E-state index contributed by atoms with van der Waals surface area (Å²) < 4.78 is 3.67. The predicted molar refractivity (Wildman–Crippen MR) is 148 cm³/mol. The molecule has 2 aromatic heterocycles. The van der Waals surface area contributed by atoms with Crippen molar-refractivity contribution in [3.63, 3.8) is 0 Å². The summed E-state index contributed by atoms with van der Waals surface area (Å²) >= 11 is 12.3. The van der Waals surface area contributed by atoms with Crippen LogP contribution in [0.2, 0.25) is 10.0 Å². The number of fused-ring (bicyclic) bond motifs is 1. The minimum atomic E-state index is -0.134. The first-order valence-electron chi connectivity index (χ1n) is 12.2.